The molecule has 21 heavy (non-hydrogen) atoms. The number of aromatic nitrogens is 2. The molecule has 0 bridgehead atoms. The maximum absolute atomic E-state index is 13.3. The van der Waals surface area contributed by atoms with Crippen LogP contribution in [-0.4, -0.2) is 16.5 Å². The molecule has 3 nitrogen and oxygen atoms in total. The third-order valence-corrected chi connectivity index (χ3v) is 3.95. The number of fused-ring (bicyclic) bond motifs is 1. The van der Waals surface area contributed by atoms with Crippen LogP contribution in [0.2, 0.25) is 0 Å². The summed E-state index contributed by atoms with van der Waals surface area (Å²) in [5.74, 6) is 0.845. The lowest BCUT2D eigenvalue weighted by atomic mass is 9.96. The van der Waals surface area contributed by atoms with Gasteiger partial charge in [0.1, 0.15) is 5.82 Å². The van der Waals surface area contributed by atoms with Crippen LogP contribution >= 0.6 is 0 Å². The lowest BCUT2D eigenvalue weighted by Crippen LogP contribution is -2.27. The first kappa shape index (κ1) is 14.1. The second-order valence-corrected chi connectivity index (χ2v) is 5.90. The number of aryl methyl sites for hydroxylation is 1. The van der Waals surface area contributed by atoms with Crippen LogP contribution in [0.5, 0.6) is 0 Å². The predicted molar refractivity (Wildman–Crippen MR) is 81.7 cm³/mol. The molecule has 0 fully saturated rings. The van der Waals surface area contributed by atoms with Crippen molar-refractivity contribution in [2.24, 2.45) is 0 Å². The number of nitrogens with zero attached hydrogens (tertiary/aromatic N) is 2. The summed E-state index contributed by atoms with van der Waals surface area (Å²) in [5.41, 5.74) is 5.27. The van der Waals surface area contributed by atoms with Crippen molar-refractivity contribution in [1.29, 1.82) is 0 Å². The number of hydrogen-bond acceptors (Lipinski definition) is 3. The van der Waals surface area contributed by atoms with Crippen molar-refractivity contribution in [2.45, 2.75) is 39.7 Å². The van der Waals surface area contributed by atoms with Crippen LogP contribution in [0.3, 0.4) is 0 Å². The highest BCUT2D eigenvalue weighted by atomic mass is 19.1. The van der Waals surface area contributed by atoms with Crippen molar-refractivity contribution in [3.63, 3.8) is 0 Å². The fraction of sp³-hybridized carbons (Fsp3) is 0.412. The first-order valence-electron chi connectivity index (χ1n) is 7.43. The van der Waals surface area contributed by atoms with Crippen LogP contribution in [0.25, 0.3) is 11.4 Å². The topological polar surface area (TPSA) is 37.8 Å². The highest BCUT2D eigenvalue weighted by Crippen LogP contribution is 2.27. The number of benzene rings is 1. The van der Waals surface area contributed by atoms with Crippen molar-refractivity contribution in [1.82, 2.24) is 15.3 Å². The Hall–Kier alpha value is -1.81. The average molecular weight is 285 g/mol. The molecular weight excluding hydrogens is 265 g/mol. The van der Waals surface area contributed by atoms with Gasteiger partial charge >= 0.3 is 0 Å². The highest BCUT2D eigenvalue weighted by Gasteiger charge is 2.20. The lowest BCUT2D eigenvalue weighted by Gasteiger charge is -2.22. The first-order valence-corrected chi connectivity index (χ1v) is 7.43. The molecule has 0 aliphatic carbocycles. The van der Waals surface area contributed by atoms with E-state index in [1.807, 2.05) is 6.92 Å². The predicted octanol–water partition coefficient (Wildman–Crippen LogP) is 3.36. The molecule has 0 amide bonds. The zero-order valence-electron chi connectivity index (χ0n) is 12.7. The van der Waals surface area contributed by atoms with E-state index >= 15 is 0 Å². The molecule has 2 heterocycles. The van der Waals surface area contributed by atoms with E-state index in [1.165, 1.54) is 17.7 Å². The summed E-state index contributed by atoms with van der Waals surface area (Å²) < 4.78 is 13.3. The van der Waals surface area contributed by atoms with Gasteiger partial charge in [-0.25, -0.2) is 14.4 Å². The van der Waals surface area contributed by atoms with E-state index in [1.54, 1.807) is 6.07 Å². The Bertz CT molecular complexity index is 680. The minimum Gasteiger partial charge on any atom is -0.311 e. The first-order chi connectivity index (χ1) is 10.1. The van der Waals surface area contributed by atoms with Gasteiger partial charge in [-0.1, -0.05) is 13.8 Å². The molecule has 1 aromatic carbocycles. The molecule has 0 spiro atoms. The van der Waals surface area contributed by atoms with Gasteiger partial charge in [-0.15, -0.1) is 0 Å². The van der Waals surface area contributed by atoms with Crippen LogP contribution < -0.4 is 5.32 Å². The molecular formula is C17H20FN3. The van der Waals surface area contributed by atoms with Gasteiger partial charge in [0.2, 0.25) is 0 Å². The molecule has 1 aliphatic heterocycles. The zero-order valence-corrected chi connectivity index (χ0v) is 12.7. The van der Waals surface area contributed by atoms with Gasteiger partial charge in [0.05, 0.1) is 11.4 Å². The van der Waals surface area contributed by atoms with Crippen LogP contribution in [0, 0.1) is 12.7 Å². The minimum absolute atomic E-state index is 0.222. The third-order valence-electron chi connectivity index (χ3n) is 3.95. The number of halogens is 1. The standard InChI is InChI=1S/C17H20FN3/c1-10(2)16-14-6-7-19-9-15(14)20-17(21-16)13-5-4-12(18)8-11(13)3/h4-5,8,10,19H,6-7,9H2,1-3H3. The Morgan fingerprint density at radius 2 is 2.05 bits per heavy atom. The number of nitrogens with one attached hydrogen (secondary N) is 1. The monoisotopic (exact) mass is 285 g/mol. The SMILES string of the molecule is Cc1cc(F)ccc1-c1nc2c(c(C(C)C)n1)CCNC2. The Morgan fingerprint density at radius 3 is 2.76 bits per heavy atom. The zero-order chi connectivity index (χ0) is 15.0. The Kier molecular flexibility index (Phi) is 3.72. The van der Waals surface area contributed by atoms with Crippen LogP contribution in [-0.2, 0) is 13.0 Å². The largest absolute Gasteiger partial charge is 0.311 e. The van der Waals surface area contributed by atoms with Crippen LogP contribution in [0.1, 0.15) is 42.3 Å². The summed E-state index contributed by atoms with van der Waals surface area (Å²) in [6.07, 6.45) is 0.978. The van der Waals surface area contributed by atoms with E-state index in [9.17, 15) is 4.39 Å². The molecule has 4 heteroatoms. The van der Waals surface area contributed by atoms with Gasteiger partial charge in [-0.05, 0) is 55.1 Å². The average Bonchev–Trinajstić information content (AvgIpc) is 2.46. The molecule has 0 saturated heterocycles. The van der Waals surface area contributed by atoms with E-state index < -0.39 is 0 Å². The smallest absolute Gasteiger partial charge is 0.159 e. The highest BCUT2D eigenvalue weighted by molar-refractivity contribution is 5.60. The van der Waals surface area contributed by atoms with Crippen molar-refractivity contribution in [3.8, 4) is 11.4 Å². The molecule has 1 aliphatic rings. The van der Waals surface area contributed by atoms with Crippen molar-refractivity contribution in [3.05, 3.63) is 46.5 Å². The minimum atomic E-state index is -0.222. The quantitative estimate of drug-likeness (QED) is 0.919. The van der Waals surface area contributed by atoms with Gasteiger partial charge in [0.25, 0.3) is 0 Å². The summed E-state index contributed by atoms with van der Waals surface area (Å²) in [6, 6.07) is 4.77. The fourth-order valence-corrected chi connectivity index (χ4v) is 2.86. The van der Waals surface area contributed by atoms with Gasteiger partial charge in [-0.2, -0.15) is 0 Å². The Balaban J connectivity index is 2.17. The van der Waals surface area contributed by atoms with Crippen molar-refractivity contribution >= 4 is 0 Å². The Morgan fingerprint density at radius 1 is 1.24 bits per heavy atom. The normalized spacial score (nSPS) is 14.3. The number of hydrogen-bond donors (Lipinski definition) is 1. The third kappa shape index (κ3) is 2.68. The Labute approximate surface area is 124 Å². The van der Waals surface area contributed by atoms with E-state index in [0.29, 0.717) is 11.7 Å². The van der Waals surface area contributed by atoms with Crippen LogP contribution in [0.15, 0.2) is 18.2 Å². The molecule has 0 atom stereocenters. The van der Waals surface area contributed by atoms with E-state index in [4.69, 9.17) is 9.97 Å². The molecule has 1 aromatic heterocycles. The molecule has 3 rings (SSSR count). The van der Waals surface area contributed by atoms with E-state index in [0.717, 1.165) is 42.0 Å². The van der Waals surface area contributed by atoms with E-state index in [-0.39, 0.29) is 5.82 Å². The second kappa shape index (κ2) is 5.53. The van der Waals surface area contributed by atoms with Crippen LogP contribution in [0.4, 0.5) is 4.39 Å². The molecule has 110 valence electrons. The van der Waals surface area contributed by atoms with Crippen molar-refractivity contribution in [2.75, 3.05) is 6.54 Å². The molecule has 0 radical (unpaired) electrons. The summed E-state index contributed by atoms with van der Waals surface area (Å²) >= 11 is 0. The second-order valence-electron chi connectivity index (χ2n) is 5.90. The van der Waals surface area contributed by atoms with Gasteiger partial charge in [0, 0.05) is 12.1 Å². The van der Waals surface area contributed by atoms with Crippen molar-refractivity contribution < 1.29 is 4.39 Å². The van der Waals surface area contributed by atoms with Gasteiger partial charge in [-0.3, -0.25) is 0 Å². The fourth-order valence-electron chi connectivity index (χ4n) is 2.86. The maximum atomic E-state index is 13.3. The lowest BCUT2D eigenvalue weighted by molar-refractivity contribution is 0.609. The van der Waals surface area contributed by atoms with Gasteiger partial charge < -0.3 is 5.32 Å². The molecule has 0 saturated carbocycles. The summed E-state index contributed by atoms with van der Waals surface area (Å²) in [7, 11) is 0. The van der Waals surface area contributed by atoms with Gasteiger partial charge in [0.15, 0.2) is 5.82 Å². The number of rotatable bonds is 2. The summed E-state index contributed by atoms with van der Waals surface area (Å²) in [4.78, 5) is 9.51. The summed E-state index contributed by atoms with van der Waals surface area (Å²) in [6.45, 7) is 7.97. The summed E-state index contributed by atoms with van der Waals surface area (Å²) in [5, 5.41) is 3.36. The molecule has 2 aromatic rings. The molecule has 0 unspecified atom stereocenters. The van der Waals surface area contributed by atoms with E-state index in [2.05, 4.69) is 19.2 Å². The molecule has 1 N–H and O–H groups in total. The maximum Gasteiger partial charge on any atom is 0.159 e.